The van der Waals surface area contributed by atoms with Crippen molar-refractivity contribution in [1.29, 1.82) is 0 Å². The minimum absolute atomic E-state index is 0.222. The third-order valence-electron chi connectivity index (χ3n) is 1.90. The van der Waals surface area contributed by atoms with E-state index in [-0.39, 0.29) is 5.75 Å². The number of hydrogen-bond acceptors (Lipinski definition) is 2. The molecular formula is C11H13FO3. The Morgan fingerprint density at radius 2 is 2.00 bits per heavy atom. The molecule has 82 valence electrons. The van der Waals surface area contributed by atoms with Crippen LogP contribution in [-0.4, -0.2) is 16.7 Å². The lowest BCUT2D eigenvalue weighted by atomic mass is 10.1. The fraction of sp³-hybridized carbons (Fsp3) is 0.364. The highest BCUT2D eigenvalue weighted by molar-refractivity contribution is 5.76. The van der Waals surface area contributed by atoms with E-state index in [4.69, 9.17) is 9.84 Å². The molecule has 0 aromatic heterocycles. The number of halogens is 1. The highest BCUT2D eigenvalue weighted by atomic mass is 19.1. The molecule has 0 atom stereocenters. The smallest absolute Gasteiger partial charge is 0.347 e. The predicted molar refractivity (Wildman–Crippen MR) is 53.5 cm³/mol. The Hall–Kier alpha value is -1.58. The van der Waals surface area contributed by atoms with Crippen molar-refractivity contribution < 1.29 is 19.0 Å². The fourth-order valence-corrected chi connectivity index (χ4v) is 1.10. The Kier molecular flexibility index (Phi) is 2.98. The van der Waals surface area contributed by atoms with Crippen LogP contribution in [0, 0.1) is 12.7 Å². The topological polar surface area (TPSA) is 46.5 Å². The molecule has 0 heterocycles. The number of hydrogen-bond donors (Lipinski definition) is 1. The zero-order valence-electron chi connectivity index (χ0n) is 8.87. The molecule has 0 fully saturated rings. The van der Waals surface area contributed by atoms with Crippen LogP contribution in [0.1, 0.15) is 19.4 Å². The van der Waals surface area contributed by atoms with Gasteiger partial charge < -0.3 is 9.84 Å². The lowest BCUT2D eigenvalue weighted by Gasteiger charge is -2.21. The van der Waals surface area contributed by atoms with Gasteiger partial charge in [0.1, 0.15) is 11.6 Å². The number of rotatable bonds is 3. The number of benzene rings is 1. The molecule has 1 aromatic carbocycles. The van der Waals surface area contributed by atoms with Crippen molar-refractivity contribution in [1.82, 2.24) is 0 Å². The molecule has 4 heteroatoms. The number of carboxylic acid groups (broad SMARTS) is 1. The van der Waals surface area contributed by atoms with Crippen LogP contribution >= 0.6 is 0 Å². The molecule has 0 aliphatic rings. The standard InChI is InChI=1S/C11H13FO3/c1-7-4-8(12)6-9(5-7)15-11(2,3)10(13)14/h4-6H,1-3H3,(H,13,14). The normalized spacial score (nSPS) is 11.2. The van der Waals surface area contributed by atoms with Gasteiger partial charge in [-0.2, -0.15) is 0 Å². The second-order valence-corrected chi connectivity index (χ2v) is 3.88. The summed E-state index contributed by atoms with van der Waals surface area (Å²) in [6.07, 6.45) is 0. The van der Waals surface area contributed by atoms with Crippen LogP contribution in [0.5, 0.6) is 5.75 Å². The van der Waals surface area contributed by atoms with Crippen molar-refractivity contribution in [2.24, 2.45) is 0 Å². The van der Waals surface area contributed by atoms with E-state index in [1.54, 1.807) is 13.0 Å². The average Bonchev–Trinajstić information content (AvgIpc) is 1.99. The molecule has 0 unspecified atom stereocenters. The summed E-state index contributed by atoms with van der Waals surface area (Å²) in [6.45, 7) is 4.54. The Labute approximate surface area is 87.5 Å². The fourth-order valence-electron chi connectivity index (χ4n) is 1.10. The van der Waals surface area contributed by atoms with Gasteiger partial charge in [0.05, 0.1) is 0 Å². The Bertz CT molecular complexity index is 365. The molecule has 15 heavy (non-hydrogen) atoms. The Morgan fingerprint density at radius 3 is 2.47 bits per heavy atom. The van der Waals surface area contributed by atoms with Gasteiger partial charge in [-0.25, -0.2) is 9.18 Å². The van der Waals surface area contributed by atoms with Crippen LogP contribution in [0.3, 0.4) is 0 Å². The lowest BCUT2D eigenvalue weighted by molar-refractivity contribution is -0.152. The summed E-state index contributed by atoms with van der Waals surface area (Å²) < 4.78 is 18.2. The van der Waals surface area contributed by atoms with Gasteiger partial charge in [-0.1, -0.05) is 0 Å². The number of aryl methyl sites for hydroxylation is 1. The Morgan fingerprint density at radius 1 is 1.40 bits per heavy atom. The quantitative estimate of drug-likeness (QED) is 0.836. The van der Waals surface area contributed by atoms with E-state index in [1.807, 2.05) is 0 Å². The highest BCUT2D eigenvalue weighted by Gasteiger charge is 2.29. The first-order valence-electron chi connectivity index (χ1n) is 4.51. The second-order valence-electron chi connectivity index (χ2n) is 3.88. The van der Waals surface area contributed by atoms with Crippen LogP contribution in [0.4, 0.5) is 4.39 Å². The predicted octanol–water partition coefficient (Wildman–Crippen LogP) is 2.38. The highest BCUT2D eigenvalue weighted by Crippen LogP contribution is 2.21. The molecule has 0 aliphatic heterocycles. The van der Waals surface area contributed by atoms with Crippen LogP contribution < -0.4 is 4.74 Å². The summed E-state index contributed by atoms with van der Waals surface area (Å²) >= 11 is 0. The summed E-state index contributed by atoms with van der Waals surface area (Å²) in [4.78, 5) is 10.8. The number of ether oxygens (including phenoxy) is 1. The van der Waals surface area contributed by atoms with Gasteiger partial charge in [-0.15, -0.1) is 0 Å². The zero-order valence-corrected chi connectivity index (χ0v) is 8.87. The van der Waals surface area contributed by atoms with Gasteiger partial charge in [0, 0.05) is 6.07 Å². The first kappa shape index (κ1) is 11.5. The first-order chi connectivity index (χ1) is 6.81. The maximum absolute atomic E-state index is 13.0. The molecule has 1 rings (SSSR count). The maximum Gasteiger partial charge on any atom is 0.347 e. The largest absolute Gasteiger partial charge is 0.478 e. The summed E-state index contributed by atoms with van der Waals surface area (Å²) in [7, 11) is 0. The molecule has 0 amide bonds. The molecule has 0 aliphatic carbocycles. The molecule has 0 radical (unpaired) electrons. The third kappa shape index (κ3) is 2.94. The van der Waals surface area contributed by atoms with E-state index in [0.29, 0.717) is 5.56 Å². The number of carbonyl (C=O) groups is 1. The van der Waals surface area contributed by atoms with Gasteiger partial charge in [0.25, 0.3) is 0 Å². The minimum Gasteiger partial charge on any atom is -0.478 e. The van der Waals surface area contributed by atoms with Crippen molar-refractivity contribution in [3.63, 3.8) is 0 Å². The Balaban J connectivity index is 2.94. The van der Waals surface area contributed by atoms with Crippen molar-refractivity contribution in [3.8, 4) is 5.75 Å². The van der Waals surface area contributed by atoms with E-state index < -0.39 is 17.4 Å². The molecule has 0 saturated heterocycles. The van der Waals surface area contributed by atoms with E-state index in [2.05, 4.69) is 0 Å². The average molecular weight is 212 g/mol. The molecular weight excluding hydrogens is 199 g/mol. The van der Waals surface area contributed by atoms with Gasteiger partial charge >= 0.3 is 5.97 Å². The SMILES string of the molecule is Cc1cc(F)cc(OC(C)(C)C(=O)O)c1. The maximum atomic E-state index is 13.0. The van der Waals surface area contributed by atoms with E-state index in [9.17, 15) is 9.18 Å². The van der Waals surface area contributed by atoms with Gasteiger partial charge in [-0.3, -0.25) is 0 Å². The van der Waals surface area contributed by atoms with Crippen molar-refractivity contribution in [2.45, 2.75) is 26.4 Å². The number of carboxylic acids is 1. The molecule has 0 spiro atoms. The zero-order chi connectivity index (χ0) is 11.6. The molecule has 1 aromatic rings. The summed E-state index contributed by atoms with van der Waals surface area (Å²) in [5.41, 5.74) is -0.675. The molecule has 0 bridgehead atoms. The van der Waals surface area contributed by atoms with E-state index in [1.165, 1.54) is 19.9 Å². The van der Waals surface area contributed by atoms with Gasteiger partial charge in [0.15, 0.2) is 5.60 Å². The van der Waals surface area contributed by atoms with Crippen LogP contribution in [0.25, 0.3) is 0 Å². The van der Waals surface area contributed by atoms with Crippen molar-refractivity contribution in [3.05, 3.63) is 29.6 Å². The van der Waals surface area contributed by atoms with Crippen LogP contribution in [-0.2, 0) is 4.79 Å². The first-order valence-corrected chi connectivity index (χ1v) is 4.51. The number of aliphatic carboxylic acids is 1. The van der Waals surface area contributed by atoms with Crippen molar-refractivity contribution in [2.75, 3.05) is 0 Å². The summed E-state index contributed by atoms with van der Waals surface area (Å²) in [5.74, 6) is -1.31. The van der Waals surface area contributed by atoms with Crippen LogP contribution in [0.15, 0.2) is 18.2 Å². The summed E-state index contributed by atoms with van der Waals surface area (Å²) in [6, 6.07) is 4.10. The monoisotopic (exact) mass is 212 g/mol. The van der Waals surface area contributed by atoms with Crippen molar-refractivity contribution >= 4 is 5.97 Å². The summed E-state index contributed by atoms with van der Waals surface area (Å²) in [5, 5.41) is 8.82. The third-order valence-corrected chi connectivity index (χ3v) is 1.90. The van der Waals surface area contributed by atoms with Crippen LogP contribution in [0.2, 0.25) is 0 Å². The van der Waals surface area contributed by atoms with Gasteiger partial charge in [0.2, 0.25) is 0 Å². The lowest BCUT2D eigenvalue weighted by Crippen LogP contribution is -2.37. The molecule has 3 nitrogen and oxygen atoms in total. The van der Waals surface area contributed by atoms with Gasteiger partial charge in [-0.05, 0) is 38.5 Å². The molecule has 0 saturated carbocycles. The van der Waals surface area contributed by atoms with E-state index >= 15 is 0 Å². The molecule has 1 N–H and O–H groups in total. The minimum atomic E-state index is -1.36. The van der Waals surface area contributed by atoms with E-state index in [0.717, 1.165) is 6.07 Å². The second kappa shape index (κ2) is 3.88.